The van der Waals surface area contributed by atoms with Crippen LogP contribution in [0.1, 0.15) is 45.4 Å². The molecule has 0 heterocycles. The van der Waals surface area contributed by atoms with Gasteiger partial charge in [0.1, 0.15) is 0 Å². The molecule has 5 unspecified atom stereocenters. The van der Waals surface area contributed by atoms with Gasteiger partial charge in [-0.05, 0) is 67.1 Å². The van der Waals surface area contributed by atoms with Crippen LogP contribution in [-0.4, -0.2) is 0 Å². The minimum Gasteiger partial charge on any atom is -0.0648 e. The Hall–Kier alpha value is 0. The molecule has 0 nitrogen and oxygen atoms in total. The van der Waals surface area contributed by atoms with Gasteiger partial charge in [-0.1, -0.05) is 6.92 Å². The Morgan fingerprint density at radius 1 is 1.08 bits per heavy atom. The minimum atomic E-state index is 0.892. The smallest absolute Gasteiger partial charge is 0.0181 e. The molecule has 0 N–H and O–H groups in total. The fraction of sp³-hybridized carbons (Fsp3) is 1.00. The van der Waals surface area contributed by atoms with E-state index in [2.05, 4.69) is 6.92 Å². The Kier molecular flexibility index (Phi) is 0.811. The zero-order valence-corrected chi connectivity index (χ0v) is 7.97. The van der Waals surface area contributed by atoms with E-state index in [4.69, 9.17) is 0 Å². The molecule has 4 aliphatic rings. The molecular formula is C12H18. The highest BCUT2D eigenvalue weighted by molar-refractivity contribution is 5.28. The highest BCUT2D eigenvalue weighted by atomic mass is 14.8. The fourth-order valence-electron chi connectivity index (χ4n) is 6.02. The van der Waals surface area contributed by atoms with E-state index < -0.39 is 0 Å². The molecule has 4 rings (SSSR count). The summed E-state index contributed by atoms with van der Waals surface area (Å²) in [5.41, 5.74) is 1.84. The summed E-state index contributed by atoms with van der Waals surface area (Å²) < 4.78 is 0. The molecule has 4 aliphatic carbocycles. The molecule has 5 atom stereocenters. The molecular weight excluding hydrogens is 144 g/mol. The lowest BCUT2D eigenvalue weighted by Crippen LogP contribution is -2.66. The van der Waals surface area contributed by atoms with Gasteiger partial charge in [0.2, 0.25) is 0 Å². The maximum Gasteiger partial charge on any atom is -0.0181 e. The molecule has 0 radical (unpaired) electrons. The van der Waals surface area contributed by atoms with E-state index in [0.717, 1.165) is 10.8 Å². The zero-order chi connectivity index (χ0) is 7.97. The summed E-state index contributed by atoms with van der Waals surface area (Å²) in [6.07, 6.45) is 9.64. The quantitative estimate of drug-likeness (QED) is 0.555. The lowest BCUT2D eigenvalue weighted by molar-refractivity contribution is -0.245. The minimum absolute atomic E-state index is 0.892. The van der Waals surface area contributed by atoms with Gasteiger partial charge in [-0.15, -0.1) is 0 Å². The summed E-state index contributed by atoms with van der Waals surface area (Å²) in [5.74, 6) is 3.58. The molecule has 66 valence electrons. The second kappa shape index (κ2) is 1.51. The normalized spacial score (nSPS) is 70.2. The molecule has 0 heteroatoms. The van der Waals surface area contributed by atoms with Gasteiger partial charge in [-0.25, -0.2) is 0 Å². The van der Waals surface area contributed by atoms with E-state index in [9.17, 15) is 0 Å². The monoisotopic (exact) mass is 162 g/mol. The summed E-state index contributed by atoms with van der Waals surface area (Å²) in [5, 5.41) is 0. The summed E-state index contributed by atoms with van der Waals surface area (Å²) in [4.78, 5) is 0. The van der Waals surface area contributed by atoms with Gasteiger partial charge in [0.15, 0.2) is 0 Å². The molecule has 0 saturated heterocycles. The van der Waals surface area contributed by atoms with Crippen molar-refractivity contribution in [2.75, 3.05) is 0 Å². The van der Waals surface area contributed by atoms with Crippen molar-refractivity contribution >= 4 is 0 Å². The first kappa shape index (κ1) is 6.45. The highest BCUT2D eigenvalue weighted by Crippen LogP contribution is 2.87. The summed E-state index contributed by atoms with van der Waals surface area (Å²) in [6.45, 7) is 2.45. The Balaban J connectivity index is 1.86. The molecule has 4 fully saturated rings. The lowest BCUT2D eigenvalue weighted by atomic mass is 9.31. The van der Waals surface area contributed by atoms with Crippen LogP contribution in [0.5, 0.6) is 0 Å². The Morgan fingerprint density at radius 3 is 2.58 bits per heavy atom. The molecule has 0 aromatic rings. The second-order valence-electron chi connectivity index (χ2n) is 6.02. The van der Waals surface area contributed by atoms with Gasteiger partial charge in [0, 0.05) is 0 Å². The Labute approximate surface area is 74.7 Å². The predicted molar refractivity (Wildman–Crippen MR) is 48.7 cm³/mol. The van der Waals surface area contributed by atoms with E-state index in [0.29, 0.717) is 0 Å². The van der Waals surface area contributed by atoms with Crippen molar-refractivity contribution in [3.8, 4) is 0 Å². The van der Waals surface area contributed by atoms with Gasteiger partial charge in [0.05, 0.1) is 0 Å². The van der Waals surface area contributed by atoms with Crippen molar-refractivity contribution in [3.63, 3.8) is 0 Å². The molecule has 0 aromatic carbocycles. The van der Waals surface area contributed by atoms with Crippen molar-refractivity contribution in [2.24, 2.45) is 28.6 Å². The maximum atomic E-state index is 2.45. The molecule has 4 saturated carbocycles. The topological polar surface area (TPSA) is 0 Å². The van der Waals surface area contributed by atoms with Crippen LogP contribution < -0.4 is 0 Å². The van der Waals surface area contributed by atoms with Gasteiger partial charge in [0.25, 0.3) is 0 Å². The van der Waals surface area contributed by atoms with Crippen LogP contribution in [-0.2, 0) is 0 Å². The first-order valence-electron chi connectivity index (χ1n) is 5.81. The van der Waals surface area contributed by atoms with Crippen LogP contribution in [0.4, 0.5) is 0 Å². The van der Waals surface area contributed by atoms with Crippen LogP contribution in [0.25, 0.3) is 0 Å². The molecule has 12 heavy (non-hydrogen) atoms. The first-order chi connectivity index (χ1) is 5.81. The summed E-state index contributed by atoms with van der Waals surface area (Å²) >= 11 is 0. The van der Waals surface area contributed by atoms with Crippen LogP contribution in [0.2, 0.25) is 0 Å². The van der Waals surface area contributed by atoms with Crippen molar-refractivity contribution in [1.29, 1.82) is 0 Å². The SMILES string of the molecule is CCC12CC3CC4CC(C1)C42C3. The number of hydrogen-bond donors (Lipinski definition) is 0. The standard InChI is InChI=1S/C12H18/c1-2-11-5-8-3-9-4-10(7-11)12(9,11)6-8/h8-10H,2-7H2,1H3. The lowest BCUT2D eigenvalue weighted by Gasteiger charge is -2.73. The van der Waals surface area contributed by atoms with Crippen LogP contribution in [0.15, 0.2) is 0 Å². The van der Waals surface area contributed by atoms with E-state index in [1.807, 2.05) is 0 Å². The average molecular weight is 162 g/mol. The van der Waals surface area contributed by atoms with Crippen molar-refractivity contribution < 1.29 is 0 Å². The molecule has 0 aliphatic heterocycles. The van der Waals surface area contributed by atoms with Crippen molar-refractivity contribution in [1.82, 2.24) is 0 Å². The maximum absolute atomic E-state index is 2.45. The van der Waals surface area contributed by atoms with Gasteiger partial charge < -0.3 is 0 Å². The first-order valence-corrected chi connectivity index (χ1v) is 5.81. The Bertz CT molecular complexity index is 255. The van der Waals surface area contributed by atoms with Gasteiger partial charge in [-0.2, -0.15) is 0 Å². The third-order valence-electron chi connectivity index (χ3n) is 6.25. The fourth-order valence-corrected chi connectivity index (χ4v) is 6.02. The van der Waals surface area contributed by atoms with Crippen LogP contribution >= 0.6 is 0 Å². The zero-order valence-electron chi connectivity index (χ0n) is 7.97. The van der Waals surface area contributed by atoms with Crippen LogP contribution in [0.3, 0.4) is 0 Å². The largest absolute Gasteiger partial charge is 0.0648 e. The Morgan fingerprint density at radius 2 is 2.00 bits per heavy atom. The van der Waals surface area contributed by atoms with E-state index in [1.165, 1.54) is 24.2 Å². The van der Waals surface area contributed by atoms with Crippen molar-refractivity contribution in [3.05, 3.63) is 0 Å². The third kappa shape index (κ3) is 0.367. The number of fused-ring (bicyclic) bond motifs is 1. The third-order valence-corrected chi connectivity index (χ3v) is 6.25. The van der Waals surface area contributed by atoms with Crippen LogP contribution in [0, 0.1) is 28.6 Å². The van der Waals surface area contributed by atoms with Gasteiger partial charge >= 0.3 is 0 Å². The second-order valence-corrected chi connectivity index (χ2v) is 6.02. The van der Waals surface area contributed by atoms with Crippen molar-refractivity contribution in [2.45, 2.75) is 45.4 Å². The average Bonchev–Trinajstić information content (AvgIpc) is 2.49. The molecule has 0 aromatic heterocycles. The van der Waals surface area contributed by atoms with E-state index in [-0.39, 0.29) is 0 Å². The molecule has 2 bridgehead atoms. The summed E-state index contributed by atoms with van der Waals surface area (Å²) in [6, 6.07) is 0. The van der Waals surface area contributed by atoms with Gasteiger partial charge in [-0.3, -0.25) is 0 Å². The number of rotatable bonds is 1. The highest BCUT2D eigenvalue weighted by Gasteiger charge is 2.79. The molecule has 0 amide bonds. The van der Waals surface area contributed by atoms with E-state index in [1.54, 1.807) is 32.1 Å². The van der Waals surface area contributed by atoms with E-state index >= 15 is 0 Å². The summed E-state index contributed by atoms with van der Waals surface area (Å²) in [7, 11) is 0. The number of hydrogen-bond acceptors (Lipinski definition) is 0. The molecule has 1 spiro atoms. The predicted octanol–water partition coefficient (Wildman–Crippen LogP) is 3.22.